The number of hydrogen-bond acceptors (Lipinski definition) is 3. The minimum absolute atomic E-state index is 0.199. The Morgan fingerprint density at radius 2 is 1.17 bits per heavy atom. The molecule has 1 aliphatic heterocycles. The van der Waals surface area contributed by atoms with Crippen molar-refractivity contribution in [2.24, 2.45) is 5.92 Å². The first-order valence-electron chi connectivity index (χ1n) is 21.0. The van der Waals surface area contributed by atoms with Crippen LogP contribution in [-0.4, -0.2) is 9.55 Å². The molecule has 3 heterocycles. The molecular weight excluding hydrogens is 733 g/mol. The zero-order chi connectivity index (χ0) is 40.0. The van der Waals surface area contributed by atoms with Gasteiger partial charge in [-0.15, -0.1) is 0 Å². The van der Waals surface area contributed by atoms with Crippen LogP contribution in [0, 0.1) is 5.92 Å². The van der Waals surface area contributed by atoms with Crippen LogP contribution in [0.4, 0.5) is 0 Å². The molecule has 4 heteroatoms. The number of ether oxygens (including phenoxy) is 2. The van der Waals surface area contributed by atoms with Crippen LogP contribution < -0.4 is 9.47 Å². The number of benzene rings is 7. The average Bonchev–Trinajstić information content (AvgIpc) is 3.92. The van der Waals surface area contributed by atoms with Gasteiger partial charge in [0.1, 0.15) is 0 Å². The van der Waals surface area contributed by atoms with E-state index in [0.717, 1.165) is 39.9 Å². The Morgan fingerprint density at radius 1 is 0.500 bits per heavy atom. The summed E-state index contributed by atoms with van der Waals surface area (Å²) in [6.45, 7) is 4.00. The Morgan fingerprint density at radius 3 is 2.00 bits per heavy atom. The van der Waals surface area contributed by atoms with Crippen LogP contribution in [0.1, 0.15) is 42.0 Å². The van der Waals surface area contributed by atoms with Crippen LogP contribution in [0.2, 0.25) is 0 Å². The second-order valence-corrected chi connectivity index (χ2v) is 15.8. The number of fused-ring (bicyclic) bond motifs is 15. The lowest BCUT2D eigenvalue weighted by Crippen LogP contribution is -2.33. The maximum Gasteiger partial charge on any atom is 0.170 e. The molecule has 7 aromatic carbocycles. The number of hydrogen-bond donors (Lipinski definition) is 0. The lowest BCUT2D eigenvalue weighted by atomic mass is 9.65. The highest BCUT2D eigenvalue weighted by molar-refractivity contribution is 6.10. The molecule has 0 saturated heterocycles. The standard InChI is InChI=1S/C54H34N2O2.C2H6/c1-4-14-43-37(11-1)38-12-2-5-15-44(38)54(43)45-30-35(22-26-39(45)41-31-52-53(32-46(41)54)58-51-19-8-7-18-50(51)57-52)34-23-27-49-42(29-34)40-13-3-6-17-48(40)56(49)36-24-20-33(21-25-36)47-16-9-10-28-55-47;1-2/h1-32,37,43H;1-2H3. The van der Waals surface area contributed by atoms with Gasteiger partial charge >= 0.3 is 0 Å². The van der Waals surface area contributed by atoms with E-state index in [2.05, 4.69) is 161 Å². The van der Waals surface area contributed by atoms with Crippen molar-refractivity contribution >= 4 is 21.8 Å². The van der Waals surface area contributed by atoms with Gasteiger partial charge in [0.25, 0.3) is 0 Å². The Bertz CT molecular complexity index is 3250. The number of para-hydroxylation sites is 3. The van der Waals surface area contributed by atoms with Crippen molar-refractivity contribution in [3.8, 4) is 62.2 Å². The Balaban J connectivity index is 0.00000191. The molecule has 60 heavy (non-hydrogen) atoms. The van der Waals surface area contributed by atoms with E-state index in [1.807, 2.05) is 56.4 Å². The number of pyridine rings is 1. The number of aromatic nitrogens is 2. The van der Waals surface area contributed by atoms with Crippen LogP contribution >= 0.6 is 0 Å². The average molecular weight is 773 g/mol. The molecule has 0 amide bonds. The molecule has 4 nitrogen and oxygen atoms in total. The number of rotatable bonds is 3. The van der Waals surface area contributed by atoms with Crippen molar-refractivity contribution < 1.29 is 9.47 Å². The van der Waals surface area contributed by atoms with Crippen LogP contribution in [0.15, 0.2) is 194 Å². The van der Waals surface area contributed by atoms with E-state index >= 15 is 0 Å². The van der Waals surface area contributed by atoms with Crippen LogP contribution in [0.25, 0.3) is 61.0 Å². The summed E-state index contributed by atoms with van der Waals surface area (Å²) in [5.74, 6) is 3.45. The summed E-state index contributed by atoms with van der Waals surface area (Å²) in [5.41, 5.74) is 15.3. The lowest BCUT2D eigenvalue weighted by Gasteiger charge is -2.36. The van der Waals surface area contributed by atoms with E-state index in [9.17, 15) is 0 Å². The predicted molar refractivity (Wildman–Crippen MR) is 244 cm³/mol. The largest absolute Gasteiger partial charge is 0.450 e. The molecule has 0 radical (unpaired) electrons. The summed E-state index contributed by atoms with van der Waals surface area (Å²) in [7, 11) is 0. The summed E-state index contributed by atoms with van der Waals surface area (Å²) < 4.78 is 15.5. The van der Waals surface area contributed by atoms with Gasteiger partial charge in [0.05, 0.1) is 22.1 Å². The quantitative estimate of drug-likeness (QED) is 0.179. The molecule has 1 spiro atoms. The first-order valence-corrected chi connectivity index (χ1v) is 21.0. The maximum atomic E-state index is 6.60. The first-order chi connectivity index (χ1) is 29.7. The molecule has 0 bridgehead atoms. The van der Waals surface area contributed by atoms with Crippen LogP contribution in [0.5, 0.6) is 23.0 Å². The van der Waals surface area contributed by atoms with Gasteiger partial charge < -0.3 is 14.0 Å². The molecule has 3 unspecified atom stereocenters. The first kappa shape index (κ1) is 34.6. The van der Waals surface area contributed by atoms with Crippen molar-refractivity contribution in [3.05, 3.63) is 217 Å². The van der Waals surface area contributed by atoms with Gasteiger partial charge in [-0.05, 0) is 117 Å². The number of allylic oxidation sites excluding steroid dienone is 4. The minimum Gasteiger partial charge on any atom is -0.450 e. The van der Waals surface area contributed by atoms with Gasteiger partial charge in [-0.1, -0.05) is 129 Å². The van der Waals surface area contributed by atoms with Crippen molar-refractivity contribution in [1.29, 1.82) is 0 Å². The van der Waals surface area contributed by atoms with Gasteiger partial charge in [-0.25, -0.2) is 0 Å². The third kappa shape index (κ3) is 4.82. The molecular formula is C56H40N2O2. The Hall–Kier alpha value is -7.43. The molecule has 286 valence electrons. The smallest absolute Gasteiger partial charge is 0.170 e. The molecule has 9 aromatic rings. The highest BCUT2D eigenvalue weighted by atomic mass is 16.6. The van der Waals surface area contributed by atoms with Gasteiger partial charge in [0.15, 0.2) is 23.0 Å². The predicted octanol–water partition coefficient (Wildman–Crippen LogP) is 14.6. The normalized spacial score (nSPS) is 18.4. The fourth-order valence-corrected chi connectivity index (χ4v) is 10.6. The fraction of sp³-hybridized carbons (Fsp3) is 0.0893. The lowest BCUT2D eigenvalue weighted by molar-refractivity contribution is 0.358. The van der Waals surface area contributed by atoms with Crippen molar-refractivity contribution in [3.63, 3.8) is 0 Å². The van der Waals surface area contributed by atoms with E-state index in [1.54, 1.807) is 0 Å². The molecule has 0 fully saturated rings. The molecule has 3 aliphatic carbocycles. The van der Waals surface area contributed by atoms with E-state index < -0.39 is 5.41 Å². The molecule has 0 saturated carbocycles. The van der Waals surface area contributed by atoms with E-state index in [1.165, 1.54) is 66.3 Å². The topological polar surface area (TPSA) is 36.3 Å². The third-order valence-electron chi connectivity index (χ3n) is 13.0. The van der Waals surface area contributed by atoms with Crippen molar-refractivity contribution in [2.75, 3.05) is 0 Å². The summed E-state index contributed by atoms with van der Waals surface area (Å²) >= 11 is 0. The highest BCUT2D eigenvalue weighted by Crippen LogP contribution is 2.67. The van der Waals surface area contributed by atoms with Crippen LogP contribution in [0.3, 0.4) is 0 Å². The van der Waals surface area contributed by atoms with Crippen molar-refractivity contribution in [2.45, 2.75) is 25.2 Å². The SMILES string of the molecule is C1=CC2c3ccccc3C3(c4cc(-c5ccc6c(c5)c5ccccc5n6-c5ccc(-c6ccccn6)cc5)ccc4-c4cc5c(cc43)Oc3ccccc3O5)C2C=C1.CC. The highest BCUT2D eigenvalue weighted by Gasteiger charge is 2.57. The third-order valence-corrected chi connectivity index (χ3v) is 13.0. The van der Waals surface area contributed by atoms with Gasteiger partial charge in [-0.3, -0.25) is 4.98 Å². The molecule has 13 rings (SSSR count). The number of nitrogens with zero attached hydrogens (tertiary/aromatic N) is 2. The summed E-state index contributed by atoms with van der Waals surface area (Å²) in [4.78, 5) is 4.57. The Kier molecular flexibility index (Phi) is 7.67. The second-order valence-electron chi connectivity index (χ2n) is 15.8. The minimum atomic E-state index is -0.417. The molecule has 4 aliphatic rings. The van der Waals surface area contributed by atoms with Gasteiger partial charge in [0.2, 0.25) is 0 Å². The van der Waals surface area contributed by atoms with Crippen LogP contribution in [-0.2, 0) is 5.41 Å². The zero-order valence-electron chi connectivity index (χ0n) is 33.3. The van der Waals surface area contributed by atoms with E-state index in [0.29, 0.717) is 0 Å². The van der Waals surface area contributed by atoms with Gasteiger partial charge in [0, 0.05) is 40.1 Å². The van der Waals surface area contributed by atoms with E-state index in [-0.39, 0.29) is 11.8 Å². The summed E-state index contributed by atoms with van der Waals surface area (Å²) in [6.07, 6.45) is 11.1. The fourth-order valence-electron chi connectivity index (χ4n) is 10.6. The molecule has 2 aromatic heterocycles. The maximum absolute atomic E-state index is 6.60. The van der Waals surface area contributed by atoms with E-state index in [4.69, 9.17) is 9.47 Å². The summed E-state index contributed by atoms with van der Waals surface area (Å²) in [6, 6.07) is 59.1. The monoisotopic (exact) mass is 772 g/mol. The zero-order valence-corrected chi connectivity index (χ0v) is 33.3. The van der Waals surface area contributed by atoms with Crippen molar-refractivity contribution in [1.82, 2.24) is 9.55 Å². The van der Waals surface area contributed by atoms with Gasteiger partial charge in [-0.2, -0.15) is 0 Å². The molecule has 0 N–H and O–H groups in total. The second kappa shape index (κ2) is 13.3. The Labute approximate surface area is 349 Å². The summed E-state index contributed by atoms with van der Waals surface area (Å²) in [5, 5.41) is 2.46. The molecule has 3 atom stereocenters.